The minimum absolute atomic E-state index is 0.0972. The molecule has 0 bridgehead atoms. The van der Waals surface area contributed by atoms with E-state index in [-0.39, 0.29) is 17.8 Å². The van der Waals surface area contributed by atoms with Gasteiger partial charge in [0.05, 0.1) is 40.4 Å². The van der Waals surface area contributed by atoms with E-state index < -0.39 is 5.97 Å². The number of fused-ring (bicyclic) bond motifs is 1. The van der Waals surface area contributed by atoms with Gasteiger partial charge in [0.1, 0.15) is 5.69 Å². The predicted octanol–water partition coefficient (Wildman–Crippen LogP) is 4.65. The van der Waals surface area contributed by atoms with Crippen LogP contribution in [0.3, 0.4) is 0 Å². The van der Waals surface area contributed by atoms with Gasteiger partial charge in [-0.3, -0.25) is 19.3 Å². The van der Waals surface area contributed by atoms with Crippen molar-refractivity contribution >= 4 is 16.7 Å². The van der Waals surface area contributed by atoms with Crippen LogP contribution in [0.25, 0.3) is 21.9 Å². The van der Waals surface area contributed by atoms with Crippen molar-refractivity contribution in [3.05, 3.63) is 76.2 Å². The van der Waals surface area contributed by atoms with Crippen LogP contribution in [0.5, 0.6) is 17.2 Å². The van der Waals surface area contributed by atoms with Crippen molar-refractivity contribution in [1.29, 1.82) is 0 Å². The van der Waals surface area contributed by atoms with Crippen molar-refractivity contribution in [1.82, 2.24) is 14.5 Å². The van der Waals surface area contributed by atoms with Crippen LogP contribution < -0.4 is 19.8 Å². The standard InChI is InChI=1S/C26H25N3O6.C2H6/c1-15-10-16(6-9-28-15)14-29-23(26(31)35-5)22(18-7-8-27-13-19(18)25(29)30)17-11-20(32-2)24(34-4)21(12-17)33-3;1-2/h6-13H,14H2,1-5H3;1-2H3. The second kappa shape index (κ2) is 12.0. The molecule has 0 spiro atoms. The first-order valence-corrected chi connectivity index (χ1v) is 11.7. The summed E-state index contributed by atoms with van der Waals surface area (Å²) in [4.78, 5) is 35.2. The number of nitrogens with zero attached hydrogens (tertiary/aromatic N) is 3. The van der Waals surface area contributed by atoms with Gasteiger partial charge in [-0.1, -0.05) is 13.8 Å². The molecule has 1 aromatic carbocycles. The molecule has 37 heavy (non-hydrogen) atoms. The summed E-state index contributed by atoms with van der Waals surface area (Å²) in [6, 6.07) is 8.82. The van der Waals surface area contributed by atoms with Crippen molar-refractivity contribution in [2.24, 2.45) is 0 Å². The highest BCUT2D eigenvalue weighted by Crippen LogP contribution is 2.43. The van der Waals surface area contributed by atoms with E-state index in [1.165, 1.54) is 39.2 Å². The normalized spacial score (nSPS) is 10.4. The fraction of sp³-hybridized carbons (Fsp3) is 0.286. The molecule has 0 radical (unpaired) electrons. The number of hydrogen-bond donors (Lipinski definition) is 0. The molecule has 4 aromatic rings. The molecule has 0 saturated heterocycles. The zero-order valence-electron chi connectivity index (χ0n) is 22.1. The molecule has 3 heterocycles. The minimum atomic E-state index is -0.657. The summed E-state index contributed by atoms with van der Waals surface area (Å²) in [5, 5.41) is 0.900. The first kappa shape index (κ1) is 27.2. The van der Waals surface area contributed by atoms with E-state index in [1.807, 2.05) is 26.8 Å². The highest BCUT2D eigenvalue weighted by Gasteiger charge is 2.26. The van der Waals surface area contributed by atoms with Gasteiger partial charge in [0.15, 0.2) is 11.5 Å². The Bertz CT molecular complexity index is 1450. The molecule has 194 valence electrons. The molecule has 0 aliphatic heterocycles. The summed E-state index contributed by atoms with van der Waals surface area (Å²) in [7, 11) is 5.81. The molecule has 0 fully saturated rings. The SMILES string of the molecule is CC.COC(=O)c1c(-c2cc(OC)c(OC)c(OC)c2)c2ccncc2c(=O)n1Cc1ccnc(C)c1. The molecule has 0 N–H and O–H groups in total. The molecule has 0 amide bonds. The Kier molecular flexibility index (Phi) is 8.84. The molecule has 0 atom stereocenters. The monoisotopic (exact) mass is 505 g/mol. The maximum atomic E-state index is 13.6. The number of esters is 1. The largest absolute Gasteiger partial charge is 0.493 e. The Morgan fingerprint density at radius 1 is 0.919 bits per heavy atom. The van der Waals surface area contributed by atoms with Crippen LogP contribution in [-0.2, 0) is 11.3 Å². The molecule has 4 rings (SSSR count). The van der Waals surface area contributed by atoms with E-state index >= 15 is 0 Å². The average Bonchev–Trinajstić information content (AvgIpc) is 2.94. The van der Waals surface area contributed by atoms with E-state index in [1.54, 1.807) is 36.7 Å². The summed E-state index contributed by atoms with van der Waals surface area (Å²) in [6.07, 6.45) is 4.73. The zero-order chi connectivity index (χ0) is 27.1. The summed E-state index contributed by atoms with van der Waals surface area (Å²) in [6.45, 7) is 5.99. The summed E-state index contributed by atoms with van der Waals surface area (Å²) in [5.74, 6) is 0.560. The van der Waals surface area contributed by atoms with Crippen LogP contribution in [0.15, 0.2) is 53.7 Å². The Balaban J connectivity index is 0.00000186. The van der Waals surface area contributed by atoms with Crippen LogP contribution >= 0.6 is 0 Å². The Morgan fingerprint density at radius 2 is 1.59 bits per heavy atom. The molecule has 0 aliphatic carbocycles. The number of benzene rings is 1. The summed E-state index contributed by atoms with van der Waals surface area (Å²) >= 11 is 0. The maximum Gasteiger partial charge on any atom is 0.355 e. The minimum Gasteiger partial charge on any atom is -0.493 e. The average molecular weight is 506 g/mol. The smallest absolute Gasteiger partial charge is 0.355 e. The van der Waals surface area contributed by atoms with Crippen LogP contribution in [0.2, 0.25) is 0 Å². The lowest BCUT2D eigenvalue weighted by Crippen LogP contribution is -2.28. The number of ether oxygens (including phenoxy) is 4. The molecule has 9 heteroatoms. The van der Waals surface area contributed by atoms with Gasteiger partial charge in [-0.2, -0.15) is 0 Å². The second-order valence-electron chi connectivity index (χ2n) is 7.75. The Morgan fingerprint density at radius 3 is 2.16 bits per heavy atom. The Hall–Kier alpha value is -4.40. The second-order valence-corrected chi connectivity index (χ2v) is 7.75. The lowest BCUT2D eigenvalue weighted by Gasteiger charge is -2.20. The van der Waals surface area contributed by atoms with Gasteiger partial charge >= 0.3 is 5.97 Å². The van der Waals surface area contributed by atoms with Crippen molar-refractivity contribution in [3.63, 3.8) is 0 Å². The van der Waals surface area contributed by atoms with E-state index in [2.05, 4.69) is 9.97 Å². The third kappa shape index (κ3) is 5.25. The molecular weight excluding hydrogens is 474 g/mol. The third-order valence-corrected chi connectivity index (χ3v) is 5.71. The quantitative estimate of drug-likeness (QED) is 0.335. The van der Waals surface area contributed by atoms with Crippen LogP contribution in [0, 0.1) is 6.92 Å². The number of rotatable bonds is 7. The number of pyridine rings is 3. The highest BCUT2D eigenvalue weighted by molar-refractivity contribution is 6.06. The van der Waals surface area contributed by atoms with Gasteiger partial charge in [-0.05, 0) is 48.4 Å². The van der Waals surface area contributed by atoms with Crippen molar-refractivity contribution in [2.75, 3.05) is 28.4 Å². The molecule has 9 nitrogen and oxygen atoms in total. The number of carbonyl (C=O) groups is 1. The van der Waals surface area contributed by atoms with E-state index in [0.717, 1.165) is 11.3 Å². The molecule has 0 saturated carbocycles. The van der Waals surface area contributed by atoms with Crippen LogP contribution in [0.4, 0.5) is 0 Å². The molecule has 0 unspecified atom stereocenters. The lowest BCUT2D eigenvalue weighted by molar-refractivity contribution is 0.0588. The zero-order valence-corrected chi connectivity index (χ0v) is 22.1. The predicted molar refractivity (Wildman–Crippen MR) is 142 cm³/mol. The van der Waals surface area contributed by atoms with E-state index in [4.69, 9.17) is 18.9 Å². The molecule has 0 aliphatic rings. The van der Waals surface area contributed by atoms with E-state index in [9.17, 15) is 9.59 Å². The van der Waals surface area contributed by atoms with Gasteiger partial charge in [-0.25, -0.2) is 4.79 Å². The van der Waals surface area contributed by atoms with Gasteiger partial charge in [0.2, 0.25) is 5.75 Å². The van der Waals surface area contributed by atoms with Crippen molar-refractivity contribution in [3.8, 4) is 28.4 Å². The number of hydrogen-bond acceptors (Lipinski definition) is 8. The number of aryl methyl sites for hydroxylation is 1. The number of carbonyl (C=O) groups excluding carboxylic acids is 1. The van der Waals surface area contributed by atoms with Gasteiger partial charge < -0.3 is 18.9 Å². The topological polar surface area (TPSA) is 102 Å². The van der Waals surface area contributed by atoms with Crippen LogP contribution in [-0.4, -0.2) is 48.9 Å². The van der Waals surface area contributed by atoms with Gasteiger partial charge in [0, 0.05) is 35.2 Å². The van der Waals surface area contributed by atoms with Crippen molar-refractivity contribution in [2.45, 2.75) is 27.3 Å². The summed E-state index contributed by atoms with van der Waals surface area (Å²) in [5.41, 5.74) is 2.40. The Labute approximate surface area is 215 Å². The van der Waals surface area contributed by atoms with Crippen molar-refractivity contribution < 1.29 is 23.7 Å². The lowest BCUT2D eigenvalue weighted by atomic mass is 9.96. The molecule has 3 aromatic heterocycles. The maximum absolute atomic E-state index is 13.6. The summed E-state index contributed by atoms with van der Waals surface area (Å²) < 4.78 is 23.1. The highest BCUT2D eigenvalue weighted by atomic mass is 16.5. The van der Waals surface area contributed by atoms with Gasteiger partial charge in [0.25, 0.3) is 5.56 Å². The van der Waals surface area contributed by atoms with E-state index in [0.29, 0.717) is 39.1 Å². The third-order valence-electron chi connectivity index (χ3n) is 5.71. The molecular formula is C28H31N3O6. The van der Waals surface area contributed by atoms with Crippen LogP contribution in [0.1, 0.15) is 35.6 Å². The number of aromatic nitrogens is 3. The fourth-order valence-corrected chi connectivity index (χ4v) is 4.15. The van der Waals surface area contributed by atoms with Gasteiger partial charge in [-0.15, -0.1) is 0 Å². The first-order valence-electron chi connectivity index (χ1n) is 11.7. The fourth-order valence-electron chi connectivity index (χ4n) is 4.15. The number of methoxy groups -OCH3 is 4. The first-order chi connectivity index (χ1) is 17.9.